The van der Waals surface area contributed by atoms with E-state index < -0.39 is 18.6 Å². The summed E-state index contributed by atoms with van der Waals surface area (Å²) in [5.41, 5.74) is 2.46. The molecule has 37 heavy (non-hydrogen) atoms. The first-order valence-corrected chi connectivity index (χ1v) is 12.3. The molecule has 0 saturated carbocycles. The van der Waals surface area contributed by atoms with Gasteiger partial charge < -0.3 is 19.5 Å². The number of ether oxygens (including phenoxy) is 2. The lowest BCUT2D eigenvalue weighted by atomic mass is 10.0. The van der Waals surface area contributed by atoms with Crippen LogP contribution >= 0.6 is 0 Å². The highest BCUT2D eigenvalue weighted by atomic mass is 19.3. The molecule has 1 atom stereocenters. The molecule has 0 fully saturated rings. The topological polar surface area (TPSA) is 41.9 Å². The van der Waals surface area contributed by atoms with Crippen LogP contribution in [0.15, 0.2) is 72.8 Å². The van der Waals surface area contributed by atoms with Crippen LogP contribution < -0.4 is 14.4 Å². The standard InChI is InChI=1S/C29H33F4NO3/c1-4-8-24(35)19-34(18-21-9-5-14-27(15-21)37-29(32,33)28(30)31)23-11-7-13-26(17-23)36-25-12-6-10-22(16-25)20(2)3/h5-7,9-17,20,24,28,35H,4,8,18-19H2,1-3H3. The monoisotopic (exact) mass is 519 g/mol. The number of halogens is 4. The van der Waals surface area contributed by atoms with Crippen LogP contribution in [0, 0.1) is 0 Å². The largest absolute Gasteiger partial charge is 0.461 e. The molecule has 0 aromatic heterocycles. The van der Waals surface area contributed by atoms with Crippen molar-refractivity contribution in [3.05, 3.63) is 83.9 Å². The molecule has 0 bridgehead atoms. The van der Waals surface area contributed by atoms with E-state index in [1.54, 1.807) is 6.07 Å². The van der Waals surface area contributed by atoms with Crippen molar-refractivity contribution in [1.29, 1.82) is 0 Å². The molecular weight excluding hydrogens is 486 g/mol. The third-order valence-corrected chi connectivity index (χ3v) is 5.78. The Morgan fingerprint density at radius 2 is 1.54 bits per heavy atom. The summed E-state index contributed by atoms with van der Waals surface area (Å²) in [5, 5.41) is 10.5. The van der Waals surface area contributed by atoms with Gasteiger partial charge in [0.2, 0.25) is 0 Å². The number of alkyl halides is 4. The number of benzene rings is 3. The van der Waals surface area contributed by atoms with E-state index in [1.807, 2.05) is 60.4 Å². The maximum absolute atomic E-state index is 13.4. The number of aliphatic hydroxyl groups excluding tert-OH is 1. The van der Waals surface area contributed by atoms with Crippen LogP contribution in [0.2, 0.25) is 0 Å². The summed E-state index contributed by atoms with van der Waals surface area (Å²) in [4.78, 5) is 1.89. The summed E-state index contributed by atoms with van der Waals surface area (Å²) >= 11 is 0. The van der Waals surface area contributed by atoms with E-state index in [0.29, 0.717) is 29.4 Å². The summed E-state index contributed by atoms with van der Waals surface area (Å²) in [5.74, 6) is 1.29. The smallest absolute Gasteiger partial charge is 0.457 e. The van der Waals surface area contributed by atoms with Crippen molar-refractivity contribution < 1.29 is 32.1 Å². The Balaban J connectivity index is 1.85. The Bertz CT molecular complexity index is 1140. The number of anilines is 1. The average molecular weight is 520 g/mol. The maximum Gasteiger partial charge on any atom is 0.461 e. The zero-order valence-electron chi connectivity index (χ0n) is 21.2. The van der Waals surface area contributed by atoms with E-state index in [2.05, 4.69) is 18.6 Å². The van der Waals surface area contributed by atoms with E-state index >= 15 is 0 Å². The number of hydrogen-bond donors (Lipinski definition) is 1. The SMILES string of the molecule is CCCC(O)CN(Cc1cccc(OC(F)(F)C(F)F)c1)c1cccc(Oc2cccc(C(C)C)c2)c1. The van der Waals surface area contributed by atoms with Crippen LogP contribution in [-0.2, 0) is 6.54 Å². The predicted molar refractivity (Wildman–Crippen MR) is 137 cm³/mol. The van der Waals surface area contributed by atoms with Crippen molar-refractivity contribution >= 4 is 5.69 Å². The van der Waals surface area contributed by atoms with E-state index in [1.165, 1.54) is 18.2 Å². The lowest BCUT2D eigenvalue weighted by Crippen LogP contribution is -2.33. The molecule has 0 spiro atoms. The summed E-state index contributed by atoms with van der Waals surface area (Å²) in [6.07, 6.45) is -7.79. The van der Waals surface area contributed by atoms with Gasteiger partial charge in [0.05, 0.1) is 6.10 Å². The van der Waals surface area contributed by atoms with Crippen molar-refractivity contribution in [1.82, 2.24) is 0 Å². The summed E-state index contributed by atoms with van der Waals surface area (Å²) in [7, 11) is 0. The molecule has 0 amide bonds. The molecule has 0 radical (unpaired) electrons. The van der Waals surface area contributed by atoms with Gasteiger partial charge in [-0.25, -0.2) is 0 Å². The van der Waals surface area contributed by atoms with Crippen LogP contribution in [0.4, 0.5) is 23.2 Å². The van der Waals surface area contributed by atoms with E-state index in [4.69, 9.17) is 4.74 Å². The lowest BCUT2D eigenvalue weighted by Gasteiger charge is -2.28. The first-order chi connectivity index (χ1) is 17.6. The molecule has 0 heterocycles. The normalized spacial score (nSPS) is 12.6. The summed E-state index contributed by atoms with van der Waals surface area (Å²) in [6, 6.07) is 20.9. The molecule has 200 valence electrons. The van der Waals surface area contributed by atoms with Gasteiger partial charge in [0.25, 0.3) is 0 Å². The Morgan fingerprint density at radius 1 is 0.892 bits per heavy atom. The van der Waals surface area contributed by atoms with Gasteiger partial charge >= 0.3 is 12.5 Å². The number of nitrogens with zero attached hydrogens (tertiary/aromatic N) is 1. The second kappa shape index (κ2) is 12.8. The molecule has 1 N–H and O–H groups in total. The fourth-order valence-corrected chi connectivity index (χ4v) is 3.89. The van der Waals surface area contributed by atoms with Crippen molar-refractivity contribution in [3.8, 4) is 17.2 Å². The molecule has 3 aromatic rings. The Kier molecular flexibility index (Phi) is 9.80. The molecule has 4 nitrogen and oxygen atoms in total. The predicted octanol–water partition coefficient (Wildman–Crippen LogP) is 8.01. The molecule has 0 saturated heterocycles. The summed E-state index contributed by atoms with van der Waals surface area (Å²) in [6.45, 7) is 6.68. The van der Waals surface area contributed by atoms with Gasteiger partial charge in [-0.15, -0.1) is 0 Å². The number of rotatable bonds is 13. The van der Waals surface area contributed by atoms with Crippen LogP contribution in [0.25, 0.3) is 0 Å². The van der Waals surface area contributed by atoms with Crippen molar-refractivity contribution in [2.75, 3.05) is 11.4 Å². The van der Waals surface area contributed by atoms with Gasteiger partial charge in [-0.1, -0.05) is 57.5 Å². The minimum atomic E-state index is -4.59. The van der Waals surface area contributed by atoms with Crippen LogP contribution in [0.5, 0.6) is 17.2 Å². The van der Waals surface area contributed by atoms with Crippen LogP contribution in [0.1, 0.15) is 50.7 Å². The molecule has 0 aliphatic carbocycles. The minimum absolute atomic E-state index is 0.227. The van der Waals surface area contributed by atoms with Gasteiger partial charge in [-0.05, 0) is 59.9 Å². The Morgan fingerprint density at radius 3 is 2.22 bits per heavy atom. The Hall–Kier alpha value is -3.26. The third kappa shape index (κ3) is 8.39. The van der Waals surface area contributed by atoms with E-state index in [9.17, 15) is 22.7 Å². The fraction of sp³-hybridized carbons (Fsp3) is 0.379. The second-order valence-corrected chi connectivity index (χ2v) is 9.26. The maximum atomic E-state index is 13.4. The highest BCUT2D eigenvalue weighted by molar-refractivity contribution is 5.52. The highest BCUT2D eigenvalue weighted by Gasteiger charge is 2.44. The van der Waals surface area contributed by atoms with Gasteiger partial charge in [0.1, 0.15) is 17.2 Å². The molecule has 3 aromatic carbocycles. The number of hydrogen-bond acceptors (Lipinski definition) is 4. The summed E-state index contributed by atoms with van der Waals surface area (Å²) < 4.78 is 62.3. The molecule has 8 heteroatoms. The second-order valence-electron chi connectivity index (χ2n) is 9.26. The van der Waals surface area contributed by atoms with E-state index in [0.717, 1.165) is 17.7 Å². The minimum Gasteiger partial charge on any atom is -0.457 e. The lowest BCUT2D eigenvalue weighted by molar-refractivity contribution is -0.253. The van der Waals surface area contributed by atoms with E-state index in [-0.39, 0.29) is 18.8 Å². The van der Waals surface area contributed by atoms with Crippen LogP contribution in [-0.4, -0.2) is 30.3 Å². The molecule has 0 aliphatic heterocycles. The van der Waals surface area contributed by atoms with Gasteiger partial charge in [0, 0.05) is 24.8 Å². The van der Waals surface area contributed by atoms with Gasteiger partial charge in [0.15, 0.2) is 0 Å². The van der Waals surface area contributed by atoms with Crippen LogP contribution in [0.3, 0.4) is 0 Å². The molecule has 1 unspecified atom stereocenters. The van der Waals surface area contributed by atoms with Gasteiger partial charge in [-0.3, -0.25) is 0 Å². The third-order valence-electron chi connectivity index (χ3n) is 5.78. The highest BCUT2D eigenvalue weighted by Crippen LogP contribution is 2.31. The van der Waals surface area contributed by atoms with Gasteiger partial charge in [-0.2, -0.15) is 17.6 Å². The number of aliphatic hydroxyl groups is 1. The molecular formula is C29H33F4NO3. The zero-order valence-corrected chi connectivity index (χ0v) is 21.2. The quantitative estimate of drug-likeness (QED) is 0.232. The first kappa shape index (κ1) is 28.3. The molecule has 0 aliphatic rings. The molecule has 3 rings (SSSR count). The van der Waals surface area contributed by atoms with Crippen molar-refractivity contribution in [2.24, 2.45) is 0 Å². The van der Waals surface area contributed by atoms with Crippen molar-refractivity contribution in [3.63, 3.8) is 0 Å². The average Bonchev–Trinajstić information content (AvgIpc) is 2.84. The first-order valence-electron chi connectivity index (χ1n) is 12.3. The fourth-order valence-electron chi connectivity index (χ4n) is 3.89. The van der Waals surface area contributed by atoms with Crippen molar-refractivity contribution in [2.45, 2.75) is 64.7 Å². The Labute approximate surface area is 215 Å². The zero-order chi connectivity index (χ0) is 27.0.